The van der Waals surface area contributed by atoms with Gasteiger partial charge >= 0.3 is 7.12 Å². The molecule has 5 rings (SSSR count). The number of benzene rings is 2. The van der Waals surface area contributed by atoms with E-state index in [2.05, 4.69) is 76.2 Å². The van der Waals surface area contributed by atoms with Crippen LogP contribution in [-0.2, 0) is 18.6 Å². The Morgan fingerprint density at radius 3 is 2.13 bits per heavy atom. The van der Waals surface area contributed by atoms with Crippen LogP contribution in [0.5, 0.6) is 0 Å². The van der Waals surface area contributed by atoms with Crippen LogP contribution in [0.2, 0.25) is 0 Å². The second kappa shape index (κ2) is 7.10. The maximum atomic E-state index is 6.45. The molecule has 3 aliphatic heterocycles. The summed E-state index contributed by atoms with van der Waals surface area (Å²) < 4.78 is 25.1. The molecule has 2 fully saturated rings. The zero-order chi connectivity index (χ0) is 21.0. The molecular weight excluding hydrogens is 374 g/mol. The van der Waals surface area contributed by atoms with Gasteiger partial charge in [-0.25, -0.2) is 0 Å². The Morgan fingerprint density at radius 1 is 0.800 bits per heavy atom. The summed E-state index contributed by atoms with van der Waals surface area (Å²) in [5, 5.41) is 0. The summed E-state index contributed by atoms with van der Waals surface area (Å²) in [6.07, 6.45) is 2.21. The van der Waals surface area contributed by atoms with E-state index in [1.807, 2.05) is 6.07 Å². The smallest absolute Gasteiger partial charge is 0.494 e. The van der Waals surface area contributed by atoms with Gasteiger partial charge in [0.05, 0.1) is 0 Å². The third kappa shape index (κ3) is 3.36. The maximum Gasteiger partial charge on any atom is 0.494 e. The van der Waals surface area contributed by atoms with Gasteiger partial charge in [0.25, 0.3) is 6.55 Å². The molecule has 3 aliphatic rings. The van der Waals surface area contributed by atoms with Gasteiger partial charge in [0.1, 0.15) is 0 Å². The molecule has 0 saturated carbocycles. The first-order valence-corrected chi connectivity index (χ1v) is 10.9. The molecule has 0 atom stereocenters. The minimum Gasteiger partial charge on any atom is -0.560 e. The number of fused-ring (bicyclic) bond motifs is 2. The Morgan fingerprint density at radius 2 is 1.40 bits per heavy atom. The van der Waals surface area contributed by atoms with Crippen LogP contribution < -0.4 is 10.9 Å². The van der Waals surface area contributed by atoms with Crippen LogP contribution in [0.1, 0.15) is 38.8 Å². The van der Waals surface area contributed by atoms with Crippen LogP contribution in [0.15, 0.2) is 48.5 Å². The topological polar surface area (TPSA) is 36.9 Å². The number of hydrogen-bond acceptors (Lipinski definition) is 4. The minimum atomic E-state index is -1.59. The van der Waals surface area contributed by atoms with Crippen molar-refractivity contribution in [1.29, 1.82) is 0 Å². The lowest BCUT2D eigenvalue weighted by Gasteiger charge is -2.59. The molecule has 0 unspecified atom stereocenters. The van der Waals surface area contributed by atoms with Gasteiger partial charge in [-0.1, -0.05) is 87.9 Å². The fraction of sp³-hybridized carbons (Fsp3) is 0.417. The average Bonchev–Trinajstić information content (AvgIpc) is 2.73. The van der Waals surface area contributed by atoms with Crippen molar-refractivity contribution in [3.8, 4) is 0 Å². The Labute approximate surface area is 179 Å². The van der Waals surface area contributed by atoms with Crippen LogP contribution in [0.4, 0.5) is 0 Å². The second-order valence-corrected chi connectivity index (χ2v) is 10.4. The van der Waals surface area contributed by atoms with Crippen molar-refractivity contribution in [3.63, 3.8) is 0 Å². The first kappa shape index (κ1) is 20.1. The average molecular weight is 403 g/mol. The van der Waals surface area contributed by atoms with Gasteiger partial charge in [-0.05, 0) is 11.0 Å². The van der Waals surface area contributed by atoms with Crippen molar-refractivity contribution in [1.82, 2.24) is 0 Å². The van der Waals surface area contributed by atoms with Crippen LogP contribution in [0, 0.1) is 10.8 Å². The van der Waals surface area contributed by atoms with Crippen molar-refractivity contribution in [2.75, 3.05) is 26.4 Å². The zero-order valence-corrected chi connectivity index (χ0v) is 18.3. The number of rotatable bonds is 2. The highest BCUT2D eigenvalue weighted by atomic mass is 16.6. The molecule has 0 aromatic heterocycles. The lowest BCUT2D eigenvalue weighted by molar-refractivity contribution is 0.0238. The van der Waals surface area contributed by atoms with E-state index < -0.39 is 6.55 Å². The standard InChI is InChI=1S/C24H29B2O4/c1-23(2)14-27-25(28-15-23)20-11-7-5-9-18(20)13-22-19-10-6-8-12-21(19)26(22)29-16-24(3,4)17-30-26/h5-13H,14-17H2,1-4H3/q-1. The van der Waals surface area contributed by atoms with Crippen LogP contribution >= 0.6 is 0 Å². The summed E-state index contributed by atoms with van der Waals surface area (Å²) in [6, 6.07) is 16.7. The van der Waals surface area contributed by atoms with Gasteiger partial charge in [-0.15, -0.1) is 10.9 Å². The summed E-state index contributed by atoms with van der Waals surface area (Å²) >= 11 is 0. The van der Waals surface area contributed by atoms with Gasteiger partial charge in [-0.2, -0.15) is 0 Å². The largest absolute Gasteiger partial charge is 0.560 e. The molecule has 6 heteroatoms. The van der Waals surface area contributed by atoms with E-state index in [0.29, 0.717) is 26.4 Å². The second-order valence-electron chi connectivity index (χ2n) is 10.4. The Balaban J connectivity index is 1.52. The van der Waals surface area contributed by atoms with Crippen molar-refractivity contribution < 1.29 is 18.6 Å². The van der Waals surface area contributed by atoms with Gasteiger partial charge in [-0.3, -0.25) is 0 Å². The van der Waals surface area contributed by atoms with Crippen LogP contribution in [-0.4, -0.2) is 40.1 Å². The quantitative estimate of drug-likeness (QED) is 0.722. The minimum absolute atomic E-state index is 0.0249. The highest BCUT2D eigenvalue weighted by molar-refractivity contribution is 7.04. The van der Waals surface area contributed by atoms with Gasteiger partial charge in [0.15, 0.2) is 0 Å². The first-order valence-electron chi connectivity index (χ1n) is 10.9. The summed E-state index contributed by atoms with van der Waals surface area (Å²) in [5.74, 6) is 0. The highest BCUT2D eigenvalue weighted by Crippen LogP contribution is 2.42. The van der Waals surface area contributed by atoms with Crippen molar-refractivity contribution in [2.24, 2.45) is 10.8 Å². The van der Waals surface area contributed by atoms with Crippen molar-refractivity contribution in [2.45, 2.75) is 27.7 Å². The van der Waals surface area contributed by atoms with Crippen molar-refractivity contribution in [3.05, 3.63) is 59.7 Å². The molecule has 4 nitrogen and oxygen atoms in total. The van der Waals surface area contributed by atoms with E-state index in [9.17, 15) is 0 Å². The Hall–Kier alpha value is -1.85. The molecule has 2 aromatic rings. The van der Waals surface area contributed by atoms with Crippen molar-refractivity contribution >= 4 is 36.1 Å². The van der Waals surface area contributed by atoms with Gasteiger partial charge < -0.3 is 18.6 Å². The zero-order valence-electron chi connectivity index (χ0n) is 18.3. The molecule has 2 aromatic carbocycles. The molecule has 0 radical (unpaired) electrons. The van der Waals surface area contributed by atoms with Crippen LogP contribution in [0.25, 0.3) is 11.5 Å². The molecule has 3 heterocycles. The van der Waals surface area contributed by atoms with E-state index in [1.54, 1.807) is 0 Å². The SMILES string of the molecule is CC1(C)COB(c2ccccc2C=C2c3ccccc3[B-]23OCC(C)(C)CO3)OC1. The fourth-order valence-corrected chi connectivity index (χ4v) is 4.60. The summed E-state index contributed by atoms with van der Waals surface area (Å²) in [6.45, 7) is 9.83. The van der Waals surface area contributed by atoms with Crippen LogP contribution in [0.3, 0.4) is 0 Å². The van der Waals surface area contributed by atoms with E-state index in [1.165, 1.54) is 11.0 Å². The molecule has 1 spiro atoms. The first-order chi connectivity index (χ1) is 14.3. The van der Waals surface area contributed by atoms with Gasteiger partial charge in [0.2, 0.25) is 0 Å². The fourth-order valence-electron chi connectivity index (χ4n) is 4.60. The Bertz CT molecular complexity index is 978. The van der Waals surface area contributed by atoms with E-state index in [4.69, 9.17) is 18.6 Å². The van der Waals surface area contributed by atoms with Gasteiger partial charge in [0, 0.05) is 37.3 Å². The lowest BCUT2D eigenvalue weighted by Crippen LogP contribution is -2.68. The molecule has 0 amide bonds. The summed E-state index contributed by atoms with van der Waals surface area (Å²) in [5.41, 5.74) is 5.71. The van der Waals surface area contributed by atoms with E-state index in [0.717, 1.165) is 16.5 Å². The normalized spacial score (nSPS) is 25.1. The lowest BCUT2D eigenvalue weighted by atomic mass is 9.33. The predicted octanol–water partition coefficient (Wildman–Crippen LogP) is 3.27. The third-order valence-electron chi connectivity index (χ3n) is 6.32. The molecule has 0 N–H and O–H groups in total. The number of hydrogen-bond donors (Lipinski definition) is 0. The monoisotopic (exact) mass is 403 g/mol. The maximum absolute atomic E-state index is 6.45. The highest BCUT2D eigenvalue weighted by Gasteiger charge is 2.47. The summed E-state index contributed by atoms with van der Waals surface area (Å²) in [4.78, 5) is 0. The Kier molecular flexibility index (Phi) is 4.75. The molecule has 2 saturated heterocycles. The summed E-state index contributed by atoms with van der Waals surface area (Å²) in [7, 11) is -0.350. The molecule has 0 aliphatic carbocycles. The third-order valence-corrected chi connectivity index (χ3v) is 6.32. The molecule has 156 valence electrons. The van der Waals surface area contributed by atoms with E-state index >= 15 is 0 Å². The van der Waals surface area contributed by atoms with E-state index in [-0.39, 0.29) is 17.9 Å². The predicted molar refractivity (Wildman–Crippen MR) is 123 cm³/mol. The molecular formula is C24H29B2O4-. The molecule has 0 bridgehead atoms. The molecule has 30 heavy (non-hydrogen) atoms.